The Morgan fingerprint density at radius 1 is 0.974 bits per heavy atom. The third kappa shape index (κ3) is 5.05. The summed E-state index contributed by atoms with van der Waals surface area (Å²) in [5, 5.41) is 11.6. The summed E-state index contributed by atoms with van der Waals surface area (Å²) in [5.41, 5.74) is 8.61. The highest BCUT2D eigenvalue weighted by Crippen LogP contribution is 2.43. The highest BCUT2D eigenvalue weighted by molar-refractivity contribution is 6.05. The summed E-state index contributed by atoms with van der Waals surface area (Å²) in [7, 11) is 0. The molecule has 1 unspecified atom stereocenters. The lowest BCUT2D eigenvalue weighted by molar-refractivity contribution is 0.0736. The average Bonchev–Trinajstić information content (AvgIpc) is 2.94. The number of nitrogens with zero attached hydrogens (tertiary/aromatic N) is 1. The minimum absolute atomic E-state index is 0.0300. The second kappa shape index (κ2) is 11.1. The van der Waals surface area contributed by atoms with E-state index >= 15 is 0 Å². The minimum Gasteiger partial charge on any atom is -0.494 e. The van der Waals surface area contributed by atoms with E-state index in [1.165, 1.54) is 0 Å². The SMILES string of the molecule is CCCCCOc1ccc(C2C(C#N)=C(N)Oc3cc(OC(=O)c4cccc5ccccc45)ccc32)cc1. The van der Waals surface area contributed by atoms with Crippen LogP contribution >= 0.6 is 0 Å². The van der Waals surface area contributed by atoms with Crippen molar-refractivity contribution in [3.8, 4) is 23.3 Å². The number of nitriles is 1. The first-order chi connectivity index (χ1) is 18.6. The van der Waals surface area contributed by atoms with Gasteiger partial charge in [-0.3, -0.25) is 0 Å². The van der Waals surface area contributed by atoms with Crippen LogP contribution in [0.15, 0.2) is 96.4 Å². The van der Waals surface area contributed by atoms with Crippen LogP contribution in [0.2, 0.25) is 0 Å². The fourth-order valence-corrected chi connectivity index (χ4v) is 4.71. The number of fused-ring (bicyclic) bond motifs is 2. The lowest BCUT2D eigenvalue weighted by atomic mass is 9.83. The highest BCUT2D eigenvalue weighted by atomic mass is 16.5. The Kier molecular flexibility index (Phi) is 7.28. The van der Waals surface area contributed by atoms with Gasteiger partial charge in [-0.1, -0.05) is 74.4 Å². The number of nitrogens with two attached hydrogens (primary N) is 1. The van der Waals surface area contributed by atoms with Crippen molar-refractivity contribution in [2.24, 2.45) is 5.73 Å². The molecule has 0 saturated carbocycles. The van der Waals surface area contributed by atoms with Crippen LogP contribution in [-0.4, -0.2) is 12.6 Å². The van der Waals surface area contributed by atoms with Crippen LogP contribution < -0.4 is 19.9 Å². The predicted octanol–water partition coefficient (Wildman–Crippen LogP) is 6.85. The Hall–Kier alpha value is -4.76. The number of unbranched alkanes of at least 4 members (excludes halogenated alkanes) is 2. The normalized spacial score (nSPS) is 14.4. The summed E-state index contributed by atoms with van der Waals surface area (Å²) in [6.07, 6.45) is 3.28. The first-order valence-electron chi connectivity index (χ1n) is 12.7. The van der Waals surface area contributed by atoms with Crippen LogP contribution in [-0.2, 0) is 0 Å². The second-order valence-corrected chi connectivity index (χ2v) is 9.17. The van der Waals surface area contributed by atoms with Gasteiger partial charge in [-0.2, -0.15) is 5.26 Å². The number of carbonyl (C=O) groups excluding carboxylic acids is 1. The summed E-state index contributed by atoms with van der Waals surface area (Å²) in [6.45, 7) is 2.83. The molecule has 4 aromatic rings. The highest BCUT2D eigenvalue weighted by Gasteiger charge is 2.31. The van der Waals surface area contributed by atoms with Crippen molar-refractivity contribution >= 4 is 16.7 Å². The topological polar surface area (TPSA) is 94.6 Å². The first kappa shape index (κ1) is 24.9. The number of benzene rings is 4. The molecule has 0 bridgehead atoms. The van der Waals surface area contributed by atoms with Gasteiger partial charge in [0, 0.05) is 11.6 Å². The van der Waals surface area contributed by atoms with Gasteiger partial charge in [0.05, 0.1) is 18.1 Å². The molecule has 2 N–H and O–H groups in total. The molecule has 0 saturated heterocycles. The average molecular weight is 505 g/mol. The molecule has 0 aromatic heterocycles. The molecule has 1 heterocycles. The molecule has 0 amide bonds. The summed E-state index contributed by atoms with van der Waals surface area (Å²) in [5.74, 6) is 0.690. The van der Waals surface area contributed by atoms with Gasteiger partial charge < -0.3 is 19.9 Å². The third-order valence-corrected chi connectivity index (χ3v) is 6.64. The lowest BCUT2D eigenvalue weighted by Crippen LogP contribution is -2.21. The second-order valence-electron chi connectivity index (χ2n) is 9.17. The van der Waals surface area contributed by atoms with Crippen molar-refractivity contribution in [3.63, 3.8) is 0 Å². The number of ether oxygens (including phenoxy) is 3. The molecule has 6 heteroatoms. The summed E-state index contributed by atoms with van der Waals surface area (Å²) in [4.78, 5) is 13.0. The maximum Gasteiger partial charge on any atom is 0.344 e. The maximum absolute atomic E-state index is 13.0. The zero-order chi connectivity index (χ0) is 26.5. The van der Waals surface area contributed by atoms with E-state index < -0.39 is 11.9 Å². The van der Waals surface area contributed by atoms with Crippen LogP contribution in [0.5, 0.6) is 17.2 Å². The van der Waals surface area contributed by atoms with Gasteiger partial charge >= 0.3 is 5.97 Å². The van der Waals surface area contributed by atoms with E-state index in [0.29, 0.717) is 29.2 Å². The monoisotopic (exact) mass is 504 g/mol. The van der Waals surface area contributed by atoms with Gasteiger partial charge in [0.2, 0.25) is 5.88 Å². The number of hydrogen-bond donors (Lipinski definition) is 1. The zero-order valence-corrected chi connectivity index (χ0v) is 21.1. The Balaban J connectivity index is 1.40. The van der Waals surface area contributed by atoms with E-state index in [0.717, 1.165) is 46.9 Å². The van der Waals surface area contributed by atoms with Gasteiger partial charge in [-0.25, -0.2) is 4.79 Å². The summed E-state index contributed by atoms with van der Waals surface area (Å²) in [6, 6.07) is 28.2. The first-order valence-corrected chi connectivity index (χ1v) is 12.7. The molecule has 0 fully saturated rings. The lowest BCUT2D eigenvalue weighted by Gasteiger charge is -2.27. The maximum atomic E-state index is 13.0. The number of hydrogen-bond acceptors (Lipinski definition) is 6. The van der Waals surface area contributed by atoms with Gasteiger partial charge in [-0.15, -0.1) is 0 Å². The zero-order valence-electron chi connectivity index (χ0n) is 21.1. The summed E-state index contributed by atoms with van der Waals surface area (Å²) < 4.78 is 17.4. The fraction of sp³-hybridized carbons (Fsp3) is 0.188. The molecule has 5 rings (SSSR count). The van der Waals surface area contributed by atoms with E-state index in [1.807, 2.05) is 66.7 Å². The molecular weight excluding hydrogens is 476 g/mol. The van der Waals surface area contributed by atoms with Crippen LogP contribution in [0.4, 0.5) is 0 Å². The standard InChI is InChI=1S/C32H28N2O4/c1-2-3-6-18-36-23-14-12-22(13-15-23)30-27-17-16-24(19-29(27)38-31(34)28(30)20-33)37-32(35)26-11-7-9-21-8-4-5-10-25(21)26/h4-5,7-17,19,30H,2-3,6,18,34H2,1H3. The molecule has 4 aromatic carbocycles. The van der Waals surface area contributed by atoms with Crippen LogP contribution in [0.25, 0.3) is 10.8 Å². The van der Waals surface area contributed by atoms with Crippen molar-refractivity contribution in [1.29, 1.82) is 5.26 Å². The molecule has 1 atom stereocenters. The molecule has 6 nitrogen and oxygen atoms in total. The Morgan fingerprint density at radius 3 is 2.53 bits per heavy atom. The van der Waals surface area contributed by atoms with E-state index in [-0.39, 0.29) is 5.88 Å². The molecule has 0 aliphatic carbocycles. The van der Waals surface area contributed by atoms with E-state index in [1.54, 1.807) is 18.2 Å². The summed E-state index contributed by atoms with van der Waals surface area (Å²) >= 11 is 0. The molecular formula is C32H28N2O4. The molecule has 38 heavy (non-hydrogen) atoms. The van der Waals surface area contributed by atoms with Crippen molar-refractivity contribution in [3.05, 3.63) is 113 Å². The number of allylic oxidation sites excluding steroid dienone is 1. The van der Waals surface area contributed by atoms with Gasteiger partial charge in [-0.05, 0) is 47.0 Å². The molecule has 0 spiro atoms. The van der Waals surface area contributed by atoms with Crippen LogP contribution in [0, 0.1) is 11.3 Å². The third-order valence-electron chi connectivity index (χ3n) is 6.64. The van der Waals surface area contributed by atoms with Crippen LogP contribution in [0.3, 0.4) is 0 Å². The van der Waals surface area contributed by atoms with Crippen LogP contribution in [0.1, 0.15) is 53.6 Å². The molecule has 190 valence electrons. The van der Waals surface area contributed by atoms with Crippen molar-refractivity contribution in [1.82, 2.24) is 0 Å². The number of esters is 1. The van der Waals surface area contributed by atoms with E-state index in [4.69, 9.17) is 19.9 Å². The molecule has 1 aliphatic rings. The fourth-order valence-electron chi connectivity index (χ4n) is 4.71. The van der Waals surface area contributed by atoms with Gasteiger partial charge in [0.1, 0.15) is 28.9 Å². The van der Waals surface area contributed by atoms with Gasteiger partial charge in [0.25, 0.3) is 0 Å². The smallest absolute Gasteiger partial charge is 0.344 e. The van der Waals surface area contributed by atoms with Gasteiger partial charge in [0.15, 0.2) is 0 Å². The molecule has 1 aliphatic heterocycles. The van der Waals surface area contributed by atoms with Crippen molar-refractivity contribution in [2.45, 2.75) is 32.1 Å². The number of carbonyl (C=O) groups is 1. The Morgan fingerprint density at radius 2 is 1.74 bits per heavy atom. The quantitative estimate of drug-likeness (QED) is 0.160. The Bertz CT molecular complexity index is 1550. The van der Waals surface area contributed by atoms with Crippen molar-refractivity contribution < 1.29 is 19.0 Å². The minimum atomic E-state index is -0.468. The molecule has 0 radical (unpaired) electrons. The largest absolute Gasteiger partial charge is 0.494 e. The van der Waals surface area contributed by atoms with E-state index in [2.05, 4.69) is 13.0 Å². The van der Waals surface area contributed by atoms with Crippen molar-refractivity contribution in [2.75, 3.05) is 6.61 Å². The Labute approximate surface area is 221 Å². The predicted molar refractivity (Wildman–Crippen MR) is 146 cm³/mol. The number of rotatable bonds is 8. The van der Waals surface area contributed by atoms with E-state index in [9.17, 15) is 10.1 Å².